The molecule has 1 aliphatic carbocycles. The standard InChI is InChI=1S/C18H6F18O12/c19-13(20,21)7(37)43-1-2(44-8(38)14(22,23)24)4(46-10(40)16(28,29)30)6(48-12(42)18(34,35)36)5(47-11(41)17(31,32)33)3(1)45-9(39)15(25,26)27/h1-6H/t1-,2-,3-,4-,5+,6+/m0/s1. The van der Waals surface area contributed by atoms with Gasteiger partial charge in [-0.05, 0) is 0 Å². The lowest BCUT2D eigenvalue weighted by Crippen LogP contribution is -2.70. The molecule has 0 bridgehead atoms. The van der Waals surface area contributed by atoms with Crippen molar-refractivity contribution >= 4 is 35.8 Å². The van der Waals surface area contributed by atoms with Gasteiger partial charge in [-0.3, -0.25) is 0 Å². The molecule has 12 nitrogen and oxygen atoms in total. The van der Waals surface area contributed by atoms with Crippen molar-refractivity contribution in [3.05, 3.63) is 0 Å². The molecule has 0 atom stereocenters. The summed E-state index contributed by atoms with van der Waals surface area (Å²) in [5, 5.41) is 0. The number of carbonyl (C=O) groups excluding carboxylic acids is 6. The Hall–Kier alpha value is -4.44. The van der Waals surface area contributed by atoms with Crippen LogP contribution >= 0.6 is 0 Å². The molecular formula is C18H6F18O12. The Kier molecular flexibility index (Phi) is 11.8. The molecule has 0 aromatic carbocycles. The minimum Gasteiger partial charge on any atom is -0.447 e. The first kappa shape index (κ1) is 41.6. The molecule has 0 N–H and O–H groups in total. The first-order chi connectivity index (χ1) is 21.1. The lowest BCUT2D eigenvalue weighted by Gasteiger charge is -2.47. The van der Waals surface area contributed by atoms with Crippen LogP contribution in [-0.4, -0.2) is 109 Å². The Labute approximate surface area is 247 Å². The van der Waals surface area contributed by atoms with Crippen LogP contribution in [0.3, 0.4) is 0 Å². The van der Waals surface area contributed by atoms with Crippen molar-refractivity contribution < 1.29 is 136 Å². The van der Waals surface area contributed by atoms with Crippen LogP contribution in [0, 0.1) is 0 Å². The van der Waals surface area contributed by atoms with Gasteiger partial charge in [0, 0.05) is 0 Å². The van der Waals surface area contributed by atoms with Crippen LogP contribution in [-0.2, 0) is 57.2 Å². The smallest absolute Gasteiger partial charge is 0.447 e. The monoisotopic (exact) mass is 756 g/mol. The Morgan fingerprint density at radius 1 is 0.250 bits per heavy atom. The fraction of sp³-hybridized carbons (Fsp3) is 0.667. The van der Waals surface area contributed by atoms with Crippen LogP contribution in [0.25, 0.3) is 0 Å². The molecule has 1 rings (SSSR count). The molecule has 0 aromatic rings. The normalized spacial score (nSPS) is 24.1. The van der Waals surface area contributed by atoms with E-state index in [-0.39, 0.29) is 0 Å². The van der Waals surface area contributed by atoms with E-state index in [0.29, 0.717) is 0 Å². The molecule has 30 heteroatoms. The molecule has 48 heavy (non-hydrogen) atoms. The van der Waals surface area contributed by atoms with E-state index in [9.17, 15) is 108 Å². The zero-order chi connectivity index (χ0) is 38.2. The number of hydrogen-bond donors (Lipinski definition) is 0. The van der Waals surface area contributed by atoms with Gasteiger partial charge < -0.3 is 28.4 Å². The average Bonchev–Trinajstić information content (AvgIpc) is 2.85. The maximum absolute atomic E-state index is 13.0. The number of alkyl halides is 18. The summed E-state index contributed by atoms with van der Waals surface area (Å²) in [5.74, 6) is -23.8. The molecule has 0 amide bonds. The third-order valence-corrected chi connectivity index (χ3v) is 4.79. The van der Waals surface area contributed by atoms with Crippen molar-refractivity contribution in [1.29, 1.82) is 0 Å². The molecule has 0 aliphatic heterocycles. The molecule has 0 aromatic heterocycles. The quantitative estimate of drug-likeness (QED) is 0.222. The predicted molar refractivity (Wildman–Crippen MR) is 95.6 cm³/mol. The third kappa shape index (κ3) is 10.8. The highest BCUT2D eigenvalue weighted by atomic mass is 19.4. The van der Waals surface area contributed by atoms with Gasteiger partial charge >= 0.3 is 72.9 Å². The summed E-state index contributed by atoms with van der Waals surface area (Å²) in [6.07, 6.45) is -65.9. The summed E-state index contributed by atoms with van der Waals surface area (Å²) in [5.41, 5.74) is 0. The van der Waals surface area contributed by atoms with Gasteiger partial charge in [0.2, 0.25) is 0 Å². The van der Waals surface area contributed by atoms with Gasteiger partial charge in [-0.25, -0.2) is 28.8 Å². The Morgan fingerprint density at radius 2 is 0.333 bits per heavy atom. The van der Waals surface area contributed by atoms with Gasteiger partial charge in [-0.2, -0.15) is 79.0 Å². The second kappa shape index (κ2) is 13.6. The maximum atomic E-state index is 13.0. The summed E-state index contributed by atoms with van der Waals surface area (Å²) >= 11 is 0. The number of esters is 6. The fourth-order valence-electron chi connectivity index (χ4n) is 3.07. The second-order valence-electron chi connectivity index (χ2n) is 8.21. The van der Waals surface area contributed by atoms with Gasteiger partial charge in [0.25, 0.3) is 0 Å². The lowest BCUT2D eigenvalue weighted by molar-refractivity contribution is -0.294. The molecule has 0 spiro atoms. The molecule has 1 aliphatic rings. The Bertz CT molecular complexity index is 998. The molecular weight excluding hydrogens is 750 g/mol. The van der Waals surface area contributed by atoms with Crippen LogP contribution in [0.4, 0.5) is 79.0 Å². The van der Waals surface area contributed by atoms with Crippen molar-refractivity contribution in [1.82, 2.24) is 0 Å². The van der Waals surface area contributed by atoms with E-state index in [1.165, 1.54) is 0 Å². The topological polar surface area (TPSA) is 158 Å². The number of rotatable bonds is 6. The van der Waals surface area contributed by atoms with E-state index in [0.717, 1.165) is 0 Å². The summed E-state index contributed by atoms with van der Waals surface area (Å²) in [6, 6.07) is 0. The highest BCUT2D eigenvalue weighted by Crippen LogP contribution is 2.39. The maximum Gasteiger partial charge on any atom is 0.490 e. The average molecular weight is 756 g/mol. The molecule has 0 radical (unpaired) electrons. The second-order valence-corrected chi connectivity index (χ2v) is 8.21. The predicted octanol–water partition coefficient (Wildman–Crippen LogP) is 2.84. The number of carbonyl (C=O) groups is 6. The van der Waals surface area contributed by atoms with Crippen molar-refractivity contribution in [3.8, 4) is 0 Å². The van der Waals surface area contributed by atoms with E-state index in [2.05, 4.69) is 28.4 Å². The van der Waals surface area contributed by atoms with Crippen molar-refractivity contribution in [3.63, 3.8) is 0 Å². The summed E-state index contributed by atoms with van der Waals surface area (Å²) in [7, 11) is 0. The van der Waals surface area contributed by atoms with Gasteiger partial charge in [-0.1, -0.05) is 0 Å². The van der Waals surface area contributed by atoms with Crippen LogP contribution in [0.2, 0.25) is 0 Å². The Balaban J connectivity index is 4.35. The zero-order valence-corrected chi connectivity index (χ0v) is 21.2. The van der Waals surface area contributed by atoms with Gasteiger partial charge in [0.1, 0.15) is 0 Å². The molecule has 1 saturated carbocycles. The molecule has 0 unspecified atom stereocenters. The molecule has 1 fully saturated rings. The zero-order valence-electron chi connectivity index (χ0n) is 21.2. The Morgan fingerprint density at radius 3 is 0.396 bits per heavy atom. The highest BCUT2D eigenvalue weighted by molar-refractivity contribution is 5.80. The van der Waals surface area contributed by atoms with E-state index >= 15 is 0 Å². The summed E-state index contributed by atoms with van der Waals surface area (Å²) < 4.78 is 253. The number of ether oxygens (including phenoxy) is 6. The van der Waals surface area contributed by atoms with E-state index in [1.807, 2.05) is 0 Å². The van der Waals surface area contributed by atoms with Crippen molar-refractivity contribution in [2.75, 3.05) is 0 Å². The van der Waals surface area contributed by atoms with Crippen molar-refractivity contribution in [2.24, 2.45) is 0 Å². The highest BCUT2D eigenvalue weighted by Gasteiger charge is 2.66. The first-order valence-electron chi connectivity index (χ1n) is 10.8. The number of hydrogen-bond acceptors (Lipinski definition) is 12. The molecule has 0 saturated heterocycles. The summed E-state index contributed by atoms with van der Waals surface area (Å²) in [4.78, 5) is 68.8. The number of halogens is 18. The van der Waals surface area contributed by atoms with Crippen LogP contribution in [0.15, 0.2) is 0 Å². The first-order valence-corrected chi connectivity index (χ1v) is 10.8. The largest absolute Gasteiger partial charge is 0.490 e. The van der Waals surface area contributed by atoms with E-state index < -0.39 is 109 Å². The minimum atomic E-state index is -6.56. The van der Waals surface area contributed by atoms with Gasteiger partial charge in [0.15, 0.2) is 36.6 Å². The molecule has 0 heterocycles. The third-order valence-electron chi connectivity index (χ3n) is 4.79. The molecule has 276 valence electrons. The lowest BCUT2D eigenvalue weighted by atomic mass is 9.83. The van der Waals surface area contributed by atoms with Crippen LogP contribution < -0.4 is 0 Å². The fourth-order valence-corrected chi connectivity index (χ4v) is 3.07. The van der Waals surface area contributed by atoms with Gasteiger partial charge in [-0.15, -0.1) is 0 Å². The van der Waals surface area contributed by atoms with Crippen LogP contribution in [0.1, 0.15) is 0 Å². The van der Waals surface area contributed by atoms with E-state index in [1.54, 1.807) is 0 Å². The van der Waals surface area contributed by atoms with Crippen molar-refractivity contribution in [2.45, 2.75) is 73.7 Å². The van der Waals surface area contributed by atoms with E-state index in [4.69, 9.17) is 0 Å². The van der Waals surface area contributed by atoms with Crippen LogP contribution in [0.5, 0.6) is 0 Å². The SMILES string of the molecule is O=C(O[C@H]1[C@H](OC(=O)C(F)(F)F)[C@H](OC(=O)C(F)(F)F)[C@@H](OC(=O)C(F)(F)F)[C@H](OC(=O)C(F)(F)F)[C@H]1OC(=O)C(F)(F)F)C(F)(F)F. The minimum absolute atomic E-state index is 3.36. The van der Waals surface area contributed by atoms with Gasteiger partial charge in [0.05, 0.1) is 0 Å². The summed E-state index contributed by atoms with van der Waals surface area (Å²) in [6.45, 7) is 0.